The molecular formula is C26H23N5O2. The fourth-order valence-corrected chi connectivity index (χ4v) is 3.93. The van der Waals surface area contributed by atoms with E-state index in [1.165, 1.54) is 12.1 Å². The quantitative estimate of drug-likeness (QED) is 0.322. The topological polar surface area (TPSA) is 96.8 Å². The van der Waals surface area contributed by atoms with E-state index < -0.39 is 4.92 Å². The van der Waals surface area contributed by atoms with Crippen LogP contribution in [0.2, 0.25) is 0 Å². The first kappa shape index (κ1) is 21.9. The first-order valence-electron chi connectivity index (χ1n) is 10.5. The van der Waals surface area contributed by atoms with Crippen molar-refractivity contribution in [2.24, 2.45) is 7.05 Å². The van der Waals surface area contributed by atoms with Gasteiger partial charge in [-0.1, -0.05) is 42.5 Å². The fraction of sp³-hybridized carbons (Fsp3) is 0.154. The van der Waals surface area contributed by atoms with E-state index in [9.17, 15) is 15.4 Å². The number of nitro benzene ring substituents is 1. The summed E-state index contributed by atoms with van der Waals surface area (Å²) in [6, 6.07) is 22.5. The Morgan fingerprint density at radius 1 is 1.12 bits per heavy atom. The Hall–Kier alpha value is -4.28. The van der Waals surface area contributed by atoms with Crippen LogP contribution in [-0.2, 0) is 13.6 Å². The summed E-state index contributed by atoms with van der Waals surface area (Å²) >= 11 is 0. The summed E-state index contributed by atoms with van der Waals surface area (Å²) in [6.45, 7) is 2.54. The number of rotatable bonds is 7. The van der Waals surface area contributed by atoms with Crippen LogP contribution >= 0.6 is 0 Å². The molecule has 0 aliphatic heterocycles. The smallest absolute Gasteiger partial charge is 0.269 e. The highest BCUT2D eigenvalue weighted by molar-refractivity contribution is 5.74. The minimum atomic E-state index is -0.403. The van der Waals surface area contributed by atoms with Crippen LogP contribution in [0.15, 0.2) is 79.3 Å². The van der Waals surface area contributed by atoms with Crippen molar-refractivity contribution in [2.45, 2.75) is 19.5 Å². The van der Waals surface area contributed by atoms with Gasteiger partial charge in [0, 0.05) is 31.3 Å². The monoisotopic (exact) mass is 437 g/mol. The molecule has 4 aromatic rings. The number of aryl methyl sites for hydroxylation is 2. The molecule has 0 bridgehead atoms. The summed E-state index contributed by atoms with van der Waals surface area (Å²) in [5.74, 6) is 0. The van der Waals surface area contributed by atoms with Crippen LogP contribution in [0.3, 0.4) is 0 Å². The third kappa shape index (κ3) is 4.66. The Morgan fingerprint density at radius 2 is 1.88 bits per heavy atom. The summed E-state index contributed by atoms with van der Waals surface area (Å²) in [5.41, 5.74) is 6.59. The molecule has 0 aliphatic rings. The third-order valence-corrected chi connectivity index (χ3v) is 5.74. The van der Waals surface area contributed by atoms with Crippen molar-refractivity contribution in [2.75, 3.05) is 0 Å². The van der Waals surface area contributed by atoms with Crippen molar-refractivity contribution in [3.63, 3.8) is 0 Å². The summed E-state index contributed by atoms with van der Waals surface area (Å²) in [7, 11) is 1.94. The van der Waals surface area contributed by atoms with Gasteiger partial charge in [0.15, 0.2) is 0 Å². The van der Waals surface area contributed by atoms with E-state index in [-0.39, 0.29) is 11.7 Å². The maximum absolute atomic E-state index is 10.9. The standard InChI is InChI=1S/C26H23N5O2/c1-18-5-3-4-6-23(18)24-13-20(9-10-21(24)14-27)26(25-16-28-17-30(25)2)29-15-19-7-11-22(12-8-19)31(32)33/h3-13,16-17,26,29H,15H2,1-2H3/t26-/m1/s1. The van der Waals surface area contributed by atoms with Gasteiger partial charge in [-0.3, -0.25) is 10.1 Å². The number of nitrogens with one attached hydrogen (secondary N) is 1. The number of aromatic nitrogens is 2. The highest BCUT2D eigenvalue weighted by Gasteiger charge is 2.19. The number of non-ortho nitro benzene ring substituents is 1. The van der Waals surface area contributed by atoms with Crippen LogP contribution in [0.1, 0.15) is 34.0 Å². The number of nitro groups is 1. The molecule has 7 nitrogen and oxygen atoms in total. The zero-order valence-electron chi connectivity index (χ0n) is 18.4. The molecule has 0 fully saturated rings. The summed E-state index contributed by atoms with van der Waals surface area (Å²) < 4.78 is 1.96. The summed E-state index contributed by atoms with van der Waals surface area (Å²) in [4.78, 5) is 14.8. The van der Waals surface area contributed by atoms with Crippen molar-refractivity contribution >= 4 is 5.69 Å². The van der Waals surface area contributed by atoms with E-state index in [4.69, 9.17) is 0 Å². The molecule has 1 N–H and O–H groups in total. The second-order valence-corrected chi connectivity index (χ2v) is 7.90. The van der Waals surface area contributed by atoms with Crippen LogP contribution in [0, 0.1) is 28.4 Å². The Morgan fingerprint density at radius 3 is 2.52 bits per heavy atom. The second-order valence-electron chi connectivity index (χ2n) is 7.90. The Kier molecular flexibility index (Phi) is 6.29. The summed E-state index contributed by atoms with van der Waals surface area (Å²) in [6.07, 6.45) is 3.57. The zero-order valence-corrected chi connectivity index (χ0v) is 18.4. The molecule has 164 valence electrons. The SMILES string of the molecule is Cc1ccccc1-c1cc([C@@H](NCc2ccc([N+](=O)[O-])cc2)c2cncn2C)ccc1C#N. The summed E-state index contributed by atoms with van der Waals surface area (Å²) in [5, 5.41) is 24.2. The van der Waals surface area contributed by atoms with Crippen LogP contribution in [0.25, 0.3) is 11.1 Å². The molecule has 3 aromatic carbocycles. The molecule has 0 saturated heterocycles. The van der Waals surface area contributed by atoms with Gasteiger partial charge in [0.2, 0.25) is 0 Å². The van der Waals surface area contributed by atoms with Gasteiger partial charge in [-0.05, 0) is 41.3 Å². The Bertz CT molecular complexity index is 1340. The predicted octanol–water partition coefficient (Wildman–Crippen LogP) is 5.05. The van der Waals surface area contributed by atoms with Gasteiger partial charge in [-0.15, -0.1) is 0 Å². The third-order valence-electron chi connectivity index (χ3n) is 5.74. The largest absolute Gasteiger partial charge is 0.336 e. The van der Waals surface area contributed by atoms with Crippen molar-refractivity contribution in [3.05, 3.63) is 117 Å². The number of hydrogen-bond acceptors (Lipinski definition) is 5. The highest BCUT2D eigenvalue weighted by Crippen LogP contribution is 2.31. The molecule has 7 heteroatoms. The number of benzene rings is 3. The van der Waals surface area contributed by atoms with Crippen molar-refractivity contribution in [1.82, 2.24) is 14.9 Å². The molecule has 0 spiro atoms. The minimum Gasteiger partial charge on any atom is -0.336 e. The van der Waals surface area contributed by atoms with Crippen molar-refractivity contribution in [3.8, 4) is 17.2 Å². The van der Waals surface area contributed by atoms with Gasteiger partial charge in [0.05, 0.1) is 40.8 Å². The fourth-order valence-electron chi connectivity index (χ4n) is 3.93. The molecule has 1 aromatic heterocycles. The number of hydrogen-bond donors (Lipinski definition) is 1. The molecule has 0 radical (unpaired) electrons. The average molecular weight is 438 g/mol. The maximum Gasteiger partial charge on any atom is 0.269 e. The van der Waals surface area contributed by atoms with E-state index >= 15 is 0 Å². The zero-order chi connectivity index (χ0) is 23.4. The molecule has 1 heterocycles. The highest BCUT2D eigenvalue weighted by atomic mass is 16.6. The second kappa shape index (κ2) is 9.47. The lowest BCUT2D eigenvalue weighted by Gasteiger charge is -2.21. The molecule has 33 heavy (non-hydrogen) atoms. The molecule has 0 amide bonds. The molecule has 0 aliphatic carbocycles. The molecule has 0 saturated carbocycles. The Balaban J connectivity index is 1.72. The maximum atomic E-state index is 10.9. The van der Waals surface area contributed by atoms with E-state index in [1.54, 1.807) is 18.5 Å². The lowest BCUT2D eigenvalue weighted by Crippen LogP contribution is -2.24. The van der Waals surface area contributed by atoms with Crippen LogP contribution in [0.5, 0.6) is 0 Å². The minimum absolute atomic E-state index is 0.0666. The average Bonchev–Trinajstić information content (AvgIpc) is 3.25. The van der Waals surface area contributed by atoms with Crippen LogP contribution in [0.4, 0.5) is 5.69 Å². The van der Waals surface area contributed by atoms with Crippen molar-refractivity contribution < 1.29 is 4.92 Å². The van der Waals surface area contributed by atoms with E-state index in [0.717, 1.165) is 33.5 Å². The molecule has 1 atom stereocenters. The molecular weight excluding hydrogens is 414 g/mol. The van der Waals surface area contributed by atoms with Gasteiger partial charge in [-0.2, -0.15) is 5.26 Å². The first-order chi connectivity index (χ1) is 16.0. The Labute approximate surface area is 192 Å². The van der Waals surface area contributed by atoms with Gasteiger partial charge < -0.3 is 9.88 Å². The number of nitrogens with zero attached hydrogens (tertiary/aromatic N) is 4. The first-order valence-corrected chi connectivity index (χ1v) is 10.5. The predicted molar refractivity (Wildman–Crippen MR) is 126 cm³/mol. The number of imidazole rings is 1. The van der Waals surface area contributed by atoms with Gasteiger partial charge in [0.25, 0.3) is 5.69 Å². The van der Waals surface area contributed by atoms with E-state index in [2.05, 4.69) is 22.4 Å². The number of nitriles is 1. The lowest BCUT2D eigenvalue weighted by atomic mass is 9.92. The van der Waals surface area contributed by atoms with Gasteiger partial charge in [-0.25, -0.2) is 4.98 Å². The van der Waals surface area contributed by atoms with Crippen LogP contribution in [-0.4, -0.2) is 14.5 Å². The van der Waals surface area contributed by atoms with Crippen LogP contribution < -0.4 is 5.32 Å². The molecule has 0 unspecified atom stereocenters. The lowest BCUT2D eigenvalue weighted by molar-refractivity contribution is -0.384. The van der Waals surface area contributed by atoms with Gasteiger partial charge in [0.1, 0.15) is 0 Å². The normalized spacial score (nSPS) is 11.7. The van der Waals surface area contributed by atoms with E-state index in [1.807, 2.05) is 61.1 Å². The van der Waals surface area contributed by atoms with E-state index in [0.29, 0.717) is 12.1 Å². The van der Waals surface area contributed by atoms with Crippen molar-refractivity contribution in [1.29, 1.82) is 5.26 Å². The van der Waals surface area contributed by atoms with Gasteiger partial charge >= 0.3 is 0 Å². The molecule has 4 rings (SSSR count).